The molecule has 0 spiro atoms. The van der Waals surface area contributed by atoms with Gasteiger partial charge >= 0.3 is 39.2 Å². The molecule has 2 radical (unpaired) electrons. The maximum Gasteiger partial charge on any atom is 2.00 e. The van der Waals surface area contributed by atoms with Crippen LogP contribution in [0.25, 0.3) is 0 Å². The van der Waals surface area contributed by atoms with E-state index in [1.165, 1.54) is 24.3 Å². The third-order valence-electron chi connectivity index (χ3n) is 4.15. The van der Waals surface area contributed by atoms with Gasteiger partial charge in [-0.25, -0.2) is 9.59 Å². The number of carbonyl (C=O) groups is 2. The van der Waals surface area contributed by atoms with Crippen molar-refractivity contribution in [1.29, 1.82) is 0 Å². The van der Waals surface area contributed by atoms with E-state index < -0.39 is 23.4 Å². The Morgan fingerprint density at radius 2 is 0.966 bits per heavy atom. The van der Waals surface area contributed by atoms with E-state index in [1.807, 2.05) is 41.5 Å². The molecule has 0 saturated carbocycles. The van der Waals surface area contributed by atoms with Crippen molar-refractivity contribution in [3.05, 3.63) is 58.7 Å². The van der Waals surface area contributed by atoms with Crippen LogP contribution in [-0.2, 0) is 10.8 Å². The Kier molecular flexibility index (Phi) is 9.36. The molecule has 154 valence electrons. The Morgan fingerprint density at radius 1 is 0.690 bits per heavy atom. The Balaban J connectivity index is 0.000000523. The number of rotatable bonds is 2. The van der Waals surface area contributed by atoms with Gasteiger partial charge in [-0.05, 0) is 34.1 Å². The summed E-state index contributed by atoms with van der Waals surface area (Å²) in [5.74, 6) is -3.21. The normalized spacial score (nSPS) is 11.0. The fourth-order valence-corrected chi connectivity index (χ4v) is 2.33. The first-order chi connectivity index (χ1) is 12.6. The van der Waals surface area contributed by atoms with E-state index in [4.69, 9.17) is 10.2 Å². The molecule has 0 atom stereocenters. The predicted octanol–water partition coefficient (Wildman–Crippen LogP) is 3.13. The second kappa shape index (κ2) is 10.1. The van der Waals surface area contributed by atoms with E-state index in [0.29, 0.717) is 0 Å². The van der Waals surface area contributed by atoms with Crippen molar-refractivity contribution in [2.24, 2.45) is 0 Å². The summed E-state index contributed by atoms with van der Waals surface area (Å²) in [5, 5.41) is 39.8. The van der Waals surface area contributed by atoms with Gasteiger partial charge in [-0.1, -0.05) is 77.3 Å². The van der Waals surface area contributed by atoms with Gasteiger partial charge in [0.2, 0.25) is 0 Å². The third kappa shape index (κ3) is 7.68. The van der Waals surface area contributed by atoms with E-state index in [-0.39, 0.29) is 49.3 Å². The summed E-state index contributed by atoms with van der Waals surface area (Å²) in [4.78, 5) is 21.4. The second-order valence-electron chi connectivity index (χ2n) is 8.53. The van der Waals surface area contributed by atoms with Crippen LogP contribution in [-0.4, -0.2) is 49.5 Å². The summed E-state index contributed by atoms with van der Waals surface area (Å²) < 4.78 is 0. The van der Waals surface area contributed by atoms with Crippen molar-refractivity contribution in [3.63, 3.8) is 0 Å². The van der Waals surface area contributed by atoms with Crippen molar-refractivity contribution in [1.82, 2.24) is 0 Å². The molecule has 2 aromatic carbocycles. The van der Waals surface area contributed by atoms with E-state index in [1.54, 1.807) is 12.1 Å². The first-order valence-electron chi connectivity index (χ1n) is 8.74. The number of hydrogen-bond acceptors (Lipinski definition) is 4. The summed E-state index contributed by atoms with van der Waals surface area (Å²) in [6, 6.07) is 8.87. The molecule has 0 fully saturated rings. The maximum absolute atomic E-state index is 11.2. The minimum Gasteiger partial charge on any atom is -0.872 e. The molecular weight excluding hydrogens is 567 g/mol. The molecule has 0 saturated heterocycles. The van der Waals surface area contributed by atoms with Gasteiger partial charge in [0.15, 0.2) is 0 Å². The molecule has 0 aliphatic carbocycles. The zero-order valence-corrected chi connectivity index (χ0v) is 21.4. The molecule has 2 N–H and O–H groups in total. The minimum absolute atomic E-state index is 0. The first-order valence-corrected chi connectivity index (χ1v) is 8.74. The fraction of sp³-hybridized carbons (Fsp3) is 0.364. The van der Waals surface area contributed by atoms with E-state index in [2.05, 4.69) is 0 Å². The van der Waals surface area contributed by atoms with Crippen LogP contribution in [0.15, 0.2) is 36.4 Å². The van der Waals surface area contributed by atoms with Gasteiger partial charge in [-0.15, -0.1) is 0 Å². The van der Waals surface area contributed by atoms with Gasteiger partial charge < -0.3 is 20.4 Å². The molecule has 0 aromatic heterocycles. The number of carboxylic acids is 2. The maximum atomic E-state index is 11.2. The monoisotopic (exact) mass is 594 g/mol. The molecule has 0 unspecified atom stereocenters. The molecular formula is C22H26O6Pb. The zero-order chi connectivity index (χ0) is 21.9. The molecule has 7 heteroatoms. The van der Waals surface area contributed by atoms with Gasteiger partial charge in [0.05, 0.1) is 11.1 Å². The molecule has 6 nitrogen and oxygen atoms in total. The number of hydrogen-bond donors (Lipinski definition) is 2. The van der Waals surface area contributed by atoms with E-state index in [0.717, 1.165) is 11.1 Å². The smallest absolute Gasteiger partial charge is 0.872 e. The van der Waals surface area contributed by atoms with E-state index >= 15 is 0 Å². The van der Waals surface area contributed by atoms with Crippen LogP contribution in [0.1, 0.15) is 73.4 Å². The minimum atomic E-state index is -1.17. The molecule has 0 aliphatic heterocycles. The molecule has 0 aliphatic rings. The van der Waals surface area contributed by atoms with Crippen molar-refractivity contribution in [2.45, 2.75) is 52.4 Å². The van der Waals surface area contributed by atoms with Crippen LogP contribution >= 0.6 is 0 Å². The Hall–Kier alpha value is -2.10. The summed E-state index contributed by atoms with van der Waals surface area (Å²) in [7, 11) is 0. The molecule has 0 bridgehead atoms. The molecule has 0 heterocycles. The molecule has 2 aromatic rings. The average Bonchev–Trinajstić information content (AvgIpc) is 2.53. The van der Waals surface area contributed by atoms with Crippen LogP contribution in [0, 0.1) is 0 Å². The zero-order valence-electron chi connectivity index (χ0n) is 17.5. The quantitative estimate of drug-likeness (QED) is 0.517. The number of aromatic carboxylic acids is 2. The number of benzene rings is 2. The summed E-state index contributed by atoms with van der Waals surface area (Å²) in [6.07, 6.45) is 0. The largest absolute Gasteiger partial charge is 2.00 e. The fourth-order valence-electron chi connectivity index (χ4n) is 2.33. The van der Waals surface area contributed by atoms with E-state index in [9.17, 15) is 19.8 Å². The predicted molar refractivity (Wildman–Crippen MR) is 109 cm³/mol. The van der Waals surface area contributed by atoms with Gasteiger partial charge in [0.1, 0.15) is 0 Å². The standard InChI is InChI=1S/2C11H14O3.Pb/c2*1-11(2,3)7-4-5-9(12)8(6-7)10(13)14;/h2*4-6,12H,1-3H3,(H,13,14);/q;;+2/p-2. The third-order valence-corrected chi connectivity index (χ3v) is 4.15. The summed E-state index contributed by atoms with van der Waals surface area (Å²) in [5.41, 5.74) is 1.12. The first kappa shape index (κ1) is 26.9. The summed E-state index contributed by atoms with van der Waals surface area (Å²) in [6.45, 7) is 11.8. The Morgan fingerprint density at radius 3 is 1.17 bits per heavy atom. The SMILES string of the molecule is CC(C)(C)c1ccc([O-])c(C(=O)O)c1.CC(C)(C)c1ccc([O-])c(C(=O)O)c1.[Pb+2]. The molecule has 29 heavy (non-hydrogen) atoms. The Bertz CT molecular complexity index is 802. The molecule has 2 rings (SSSR count). The second-order valence-corrected chi connectivity index (χ2v) is 8.53. The van der Waals surface area contributed by atoms with Crippen LogP contribution in [0.3, 0.4) is 0 Å². The van der Waals surface area contributed by atoms with Crippen molar-refractivity contribution >= 4 is 39.2 Å². The van der Waals surface area contributed by atoms with Gasteiger partial charge in [0.25, 0.3) is 0 Å². The molecule has 0 amide bonds. The Labute approximate surface area is 191 Å². The van der Waals surface area contributed by atoms with Crippen molar-refractivity contribution < 1.29 is 30.0 Å². The van der Waals surface area contributed by atoms with Crippen molar-refractivity contribution in [2.75, 3.05) is 0 Å². The van der Waals surface area contributed by atoms with Crippen LogP contribution < -0.4 is 10.2 Å². The van der Waals surface area contributed by atoms with Gasteiger partial charge in [-0.2, -0.15) is 0 Å². The number of carboxylic acid groups (broad SMARTS) is 2. The van der Waals surface area contributed by atoms with Crippen LogP contribution in [0.4, 0.5) is 0 Å². The summed E-state index contributed by atoms with van der Waals surface area (Å²) >= 11 is 0. The van der Waals surface area contributed by atoms with Crippen LogP contribution in [0.2, 0.25) is 0 Å². The van der Waals surface area contributed by atoms with Gasteiger partial charge in [0, 0.05) is 0 Å². The topological polar surface area (TPSA) is 121 Å². The van der Waals surface area contributed by atoms with Gasteiger partial charge in [-0.3, -0.25) is 0 Å². The average molecular weight is 594 g/mol. The van der Waals surface area contributed by atoms with Crippen molar-refractivity contribution in [3.8, 4) is 11.5 Å². The van der Waals surface area contributed by atoms with Crippen LogP contribution in [0.5, 0.6) is 11.5 Å².